The van der Waals surface area contributed by atoms with E-state index in [9.17, 15) is 14.7 Å². The van der Waals surface area contributed by atoms with Crippen LogP contribution in [0.4, 0.5) is 22.0 Å². The first kappa shape index (κ1) is 21.3. The predicted molar refractivity (Wildman–Crippen MR) is 115 cm³/mol. The van der Waals surface area contributed by atoms with Gasteiger partial charge in [0.2, 0.25) is 5.91 Å². The molecule has 31 heavy (non-hydrogen) atoms. The van der Waals surface area contributed by atoms with E-state index < -0.39 is 17.8 Å². The highest BCUT2D eigenvalue weighted by Gasteiger charge is 2.35. The van der Waals surface area contributed by atoms with Gasteiger partial charge in [-0.15, -0.1) is 0 Å². The summed E-state index contributed by atoms with van der Waals surface area (Å²) in [5, 5.41) is 9.86. The molecule has 2 amide bonds. The number of aromatic nitrogens is 1. The van der Waals surface area contributed by atoms with Crippen LogP contribution in [0.5, 0.6) is 0 Å². The molecule has 8 nitrogen and oxygen atoms in total. The summed E-state index contributed by atoms with van der Waals surface area (Å²) >= 11 is 0. The zero-order chi connectivity index (χ0) is 22.3. The van der Waals surface area contributed by atoms with Crippen molar-refractivity contribution in [1.82, 2.24) is 4.98 Å². The number of carbonyl (C=O) groups excluding carboxylic acids is 2. The van der Waals surface area contributed by atoms with E-state index in [1.165, 1.54) is 11.8 Å². The van der Waals surface area contributed by atoms with Crippen LogP contribution in [0.15, 0.2) is 36.5 Å². The molecule has 2 unspecified atom stereocenters. The maximum Gasteiger partial charge on any atom is 0.420 e. The molecule has 2 atom stereocenters. The van der Waals surface area contributed by atoms with Crippen molar-refractivity contribution in [1.29, 1.82) is 0 Å². The second-order valence-electron chi connectivity index (χ2n) is 8.87. The molecule has 2 aromatic rings. The average Bonchev–Trinajstić information content (AvgIpc) is 3.05. The van der Waals surface area contributed by atoms with Gasteiger partial charge in [-0.3, -0.25) is 4.79 Å². The number of aliphatic hydroxyl groups is 1. The largest absolute Gasteiger partial charge is 0.443 e. The van der Waals surface area contributed by atoms with Gasteiger partial charge in [-0.1, -0.05) is 12.1 Å². The molecule has 3 heterocycles. The molecule has 1 aromatic heterocycles. The van der Waals surface area contributed by atoms with E-state index in [0.717, 1.165) is 11.1 Å². The fourth-order valence-electron chi connectivity index (χ4n) is 3.89. The third-order valence-corrected chi connectivity index (χ3v) is 5.24. The first-order valence-electron chi connectivity index (χ1n) is 10.3. The zero-order valence-electron chi connectivity index (χ0n) is 18.2. The van der Waals surface area contributed by atoms with Crippen LogP contribution in [0.2, 0.25) is 0 Å². The van der Waals surface area contributed by atoms with E-state index in [2.05, 4.69) is 4.98 Å². The Balaban J connectivity index is 1.87. The van der Waals surface area contributed by atoms with Crippen molar-refractivity contribution in [2.75, 3.05) is 16.4 Å². The predicted octanol–water partition coefficient (Wildman–Crippen LogP) is 3.84. The summed E-state index contributed by atoms with van der Waals surface area (Å²) in [5.41, 5.74) is 1.94. The van der Waals surface area contributed by atoms with Gasteiger partial charge >= 0.3 is 6.09 Å². The number of ether oxygens (including phenoxy) is 2. The molecule has 2 aliphatic rings. The van der Waals surface area contributed by atoms with Gasteiger partial charge in [-0.05, 0) is 44.5 Å². The lowest BCUT2D eigenvalue weighted by atomic mass is 10.0. The number of benzene rings is 1. The lowest BCUT2D eigenvalue weighted by Crippen LogP contribution is -2.34. The zero-order valence-corrected chi connectivity index (χ0v) is 18.2. The van der Waals surface area contributed by atoms with Crippen molar-refractivity contribution in [2.45, 2.75) is 58.5 Å². The Bertz CT molecular complexity index is 1020. The van der Waals surface area contributed by atoms with Gasteiger partial charge in [-0.25, -0.2) is 14.7 Å². The summed E-state index contributed by atoms with van der Waals surface area (Å²) < 4.78 is 11.4. The SMILES string of the molecule is CC(=O)N1Cc2cccnc2N(C(=O)OC(C)(C)C)c2ccc(C3CC(O)CO3)cc21. The second kappa shape index (κ2) is 7.94. The summed E-state index contributed by atoms with van der Waals surface area (Å²) in [6.45, 7) is 7.44. The first-order valence-corrected chi connectivity index (χ1v) is 10.3. The summed E-state index contributed by atoms with van der Waals surface area (Å²) in [7, 11) is 0. The molecule has 0 aliphatic carbocycles. The molecule has 1 fully saturated rings. The molecule has 1 saturated heterocycles. The van der Waals surface area contributed by atoms with Gasteiger partial charge < -0.3 is 19.5 Å². The summed E-state index contributed by atoms with van der Waals surface area (Å²) in [4.78, 5) is 33.4. The Kier molecular flexibility index (Phi) is 5.45. The number of aliphatic hydroxyl groups excluding tert-OH is 1. The molecule has 4 rings (SSSR count). The Morgan fingerprint density at radius 2 is 2.00 bits per heavy atom. The normalized spacial score (nSPS) is 20.7. The van der Waals surface area contributed by atoms with Crippen LogP contribution < -0.4 is 9.80 Å². The molecular weight excluding hydrogens is 398 g/mol. The molecular formula is C23H27N3O5. The molecule has 8 heteroatoms. The minimum Gasteiger partial charge on any atom is -0.443 e. The molecule has 0 spiro atoms. The highest BCUT2D eigenvalue weighted by Crippen LogP contribution is 2.43. The van der Waals surface area contributed by atoms with Crippen molar-refractivity contribution in [3.8, 4) is 0 Å². The van der Waals surface area contributed by atoms with Crippen molar-refractivity contribution in [2.24, 2.45) is 0 Å². The average molecular weight is 425 g/mol. The Labute approximate surface area is 181 Å². The van der Waals surface area contributed by atoms with E-state index in [0.29, 0.717) is 23.6 Å². The Morgan fingerprint density at radius 1 is 1.23 bits per heavy atom. The third kappa shape index (κ3) is 4.26. The van der Waals surface area contributed by atoms with Crippen LogP contribution in [-0.4, -0.2) is 40.4 Å². The van der Waals surface area contributed by atoms with Crippen LogP contribution in [0.25, 0.3) is 0 Å². The number of hydrogen-bond acceptors (Lipinski definition) is 6. The molecule has 0 saturated carbocycles. The lowest BCUT2D eigenvalue weighted by molar-refractivity contribution is -0.116. The van der Waals surface area contributed by atoms with Crippen LogP contribution in [0.1, 0.15) is 51.3 Å². The van der Waals surface area contributed by atoms with Crippen molar-refractivity contribution < 1.29 is 24.2 Å². The topological polar surface area (TPSA) is 92.2 Å². The van der Waals surface area contributed by atoms with E-state index in [1.807, 2.05) is 18.2 Å². The number of amides is 2. The number of pyridine rings is 1. The van der Waals surface area contributed by atoms with Crippen molar-refractivity contribution in [3.05, 3.63) is 47.7 Å². The second-order valence-corrected chi connectivity index (χ2v) is 8.87. The molecule has 164 valence electrons. The highest BCUT2D eigenvalue weighted by atomic mass is 16.6. The number of fused-ring (bicyclic) bond motifs is 2. The number of hydrogen-bond donors (Lipinski definition) is 1. The highest BCUT2D eigenvalue weighted by molar-refractivity contribution is 6.05. The van der Waals surface area contributed by atoms with E-state index in [-0.39, 0.29) is 25.2 Å². The fraction of sp³-hybridized carbons (Fsp3) is 0.435. The standard InChI is InChI=1S/C23H27N3O5/c1-14(27)25-12-16-6-5-9-24-21(16)26(22(29)31-23(2,3)4)18-8-7-15(10-19(18)25)20-11-17(28)13-30-20/h5-10,17,20,28H,11-13H2,1-4H3. The fourth-order valence-corrected chi connectivity index (χ4v) is 3.89. The number of anilines is 3. The third-order valence-electron chi connectivity index (χ3n) is 5.24. The minimum atomic E-state index is -0.702. The van der Waals surface area contributed by atoms with Gasteiger partial charge in [0, 0.05) is 25.1 Å². The van der Waals surface area contributed by atoms with Gasteiger partial charge in [0.1, 0.15) is 11.4 Å². The summed E-state index contributed by atoms with van der Waals surface area (Å²) in [6, 6.07) is 9.11. The van der Waals surface area contributed by atoms with Crippen molar-refractivity contribution in [3.63, 3.8) is 0 Å². The van der Waals surface area contributed by atoms with Gasteiger partial charge in [0.25, 0.3) is 0 Å². The van der Waals surface area contributed by atoms with Crippen LogP contribution >= 0.6 is 0 Å². The first-order chi connectivity index (χ1) is 14.6. The Hall–Kier alpha value is -2.97. The Morgan fingerprint density at radius 3 is 2.65 bits per heavy atom. The summed E-state index contributed by atoms with van der Waals surface area (Å²) in [6.07, 6.45) is 0.740. The summed E-state index contributed by atoms with van der Waals surface area (Å²) in [5.74, 6) is 0.272. The molecule has 0 bridgehead atoms. The monoisotopic (exact) mass is 425 g/mol. The number of nitrogens with zero attached hydrogens (tertiary/aromatic N) is 3. The minimum absolute atomic E-state index is 0.161. The van der Waals surface area contributed by atoms with Crippen molar-refractivity contribution >= 4 is 29.2 Å². The quantitative estimate of drug-likeness (QED) is 0.746. The van der Waals surface area contributed by atoms with Crippen LogP contribution in [-0.2, 0) is 20.8 Å². The van der Waals surface area contributed by atoms with Crippen LogP contribution in [0.3, 0.4) is 0 Å². The van der Waals surface area contributed by atoms with E-state index in [4.69, 9.17) is 9.47 Å². The molecule has 0 radical (unpaired) electrons. The smallest absolute Gasteiger partial charge is 0.420 e. The molecule has 1 N–H and O–H groups in total. The van der Waals surface area contributed by atoms with Gasteiger partial charge in [0.15, 0.2) is 0 Å². The maximum atomic E-state index is 13.3. The van der Waals surface area contributed by atoms with Gasteiger partial charge in [-0.2, -0.15) is 0 Å². The van der Waals surface area contributed by atoms with E-state index in [1.54, 1.807) is 44.0 Å². The number of rotatable bonds is 1. The van der Waals surface area contributed by atoms with Crippen LogP contribution in [0, 0.1) is 0 Å². The molecule has 1 aromatic carbocycles. The molecule has 2 aliphatic heterocycles. The van der Waals surface area contributed by atoms with Gasteiger partial charge in [0.05, 0.1) is 36.7 Å². The number of carbonyl (C=O) groups is 2. The van der Waals surface area contributed by atoms with E-state index >= 15 is 0 Å². The lowest BCUT2D eigenvalue weighted by Gasteiger charge is -2.28. The maximum absolute atomic E-state index is 13.3.